The van der Waals surface area contributed by atoms with E-state index in [1.807, 2.05) is 37.4 Å². The van der Waals surface area contributed by atoms with Gasteiger partial charge in [-0.3, -0.25) is 10.1 Å². The fraction of sp³-hybridized carbons (Fsp3) is 0.280. The number of nitrogens with zero attached hydrogens (tertiary/aromatic N) is 2. The van der Waals surface area contributed by atoms with Crippen LogP contribution in [0.3, 0.4) is 0 Å². The highest BCUT2D eigenvalue weighted by Crippen LogP contribution is 2.27. The number of aryl methyl sites for hydroxylation is 1. The first-order valence-electron chi connectivity index (χ1n) is 10.7. The number of carbonyl (C=O) groups is 2. The Labute approximate surface area is 203 Å². The topological polar surface area (TPSA) is 102 Å². The third-order valence-electron chi connectivity index (χ3n) is 4.43. The number of hydrogen-bond donors (Lipinski definition) is 2. The van der Waals surface area contributed by atoms with Crippen LogP contribution >= 0.6 is 11.8 Å². The molecule has 0 saturated carbocycles. The van der Waals surface area contributed by atoms with Gasteiger partial charge in [0.1, 0.15) is 16.9 Å². The number of rotatable bonds is 7. The number of benzene rings is 2. The monoisotopic (exact) mass is 480 g/mol. The van der Waals surface area contributed by atoms with Crippen molar-refractivity contribution in [3.05, 3.63) is 71.4 Å². The molecule has 2 aromatic carbocycles. The first kappa shape index (κ1) is 25.0. The average molecular weight is 481 g/mol. The van der Waals surface area contributed by atoms with Gasteiger partial charge < -0.3 is 14.8 Å². The number of thioether (sulfide) groups is 1. The van der Waals surface area contributed by atoms with Crippen molar-refractivity contribution in [2.45, 2.75) is 45.0 Å². The van der Waals surface area contributed by atoms with Gasteiger partial charge in [-0.15, -0.1) is 0 Å². The van der Waals surface area contributed by atoms with Crippen LogP contribution < -0.4 is 15.4 Å². The highest BCUT2D eigenvalue weighted by molar-refractivity contribution is 7.98. The maximum Gasteiger partial charge on any atom is 0.412 e. The zero-order chi connectivity index (χ0) is 24.7. The van der Waals surface area contributed by atoms with E-state index in [1.54, 1.807) is 45.0 Å². The van der Waals surface area contributed by atoms with Gasteiger partial charge in [0.25, 0.3) is 5.91 Å². The standard InChI is InChI=1S/C25H28N4O4S/c1-16-9-11-17(12-10-16)14-26-21(30)20-15-27-23(34-5)29-22(20)32-19-8-6-7-18(13-19)28-24(31)33-25(2,3)4/h6-13,15H,14H2,1-5H3,(H,26,30)(H,28,31). The third kappa shape index (κ3) is 7.48. The number of anilines is 1. The molecule has 8 nitrogen and oxygen atoms in total. The minimum atomic E-state index is -0.617. The molecule has 2 amide bonds. The summed E-state index contributed by atoms with van der Waals surface area (Å²) < 4.78 is 11.2. The zero-order valence-electron chi connectivity index (χ0n) is 19.8. The summed E-state index contributed by atoms with van der Waals surface area (Å²) in [7, 11) is 0. The summed E-state index contributed by atoms with van der Waals surface area (Å²) in [6, 6.07) is 14.7. The number of hydrogen-bond acceptors (Lipinski definition) is 7. The van der Waals surface area contributed by atoms with E-state index >= 15 is 0 Å². The van der Waals surface area contributed by atoms with Gasteiger partial charge in [-0.1, -0.05) is 47.7 Å². The molecule has 0 bridgehead atoms. The third-order valence-corrected chi connectivity index (χ3v) is 4.99. The molecule has 1 heterocycles. The number of nitrogens with one attached hydrogen (secondary N) is 2. The van der Waals surface area contributed by atoms with Crippen LogP contribution in [0.15, 0.2) is 59.9 Å². The first-order valence-corrected chi connectivity index (χ1v) is 11.9. The molecule has 178 valence electrons. The van der Waals surface area contributed by atoms with E-state index in [0.29, 0.717) is 23.1 Å². The van der Waals surface area contributed by atoms with Gasteiger partial charge >= 0.3 is 6.09 Å². The smallest absolute Gasteiger partial charge is 0.412 e. The second-order valence-electron chi connectivity index (χ2n) is 8.50. The van der Waals surface area contributed by atoms with Gasteiger partial charge in [-0.05, 0) is 51.6 Å². The highest BCUT2D eigenvalue weighted by Gasteiger charge is 2.18. The average Bonchev–Trinajstić information content (AvgIpc) is 2.77. The molecule has 3 aromatic rings. The summed E-state index contributed by atoms with van der Waals surface area (Å²) >= 11 is 1.33. The quantitative estimate of drug-likeness (QED) is 0.336. The molecule has 0 aliphatic carbocycles. The summed E-state index contributed by atoms with van der Waals surface area (Å²) in [6.07, 6.45) is 2.70. The molecule has 0 atom stereocenters. The SMILES string of the molecule is CSc1ncc(C(=O)NCc2ccc(C)cc2)c(Oc2cccc(NC(=O)OC(C)(C)C)c2)n1. The van der Waals surface area contributed by atoms with Gasteiger partial charge in [0, 0.05) is 24.5 Å². The van der Waals surface area contributed by atoms with Gasteiger partial charge in [0.05, 0.1) is 0 Å². The number of amides is 2. The Hall–Kier alpha value is -3.59. The lowest BCUT2D eigenvalue weighted by molar-refractivity contribution is 0.0635. The lowest BCUT2D eigenvalue weighted by Gasteiger charge is -2.19. The van der Waals surface area contributed by atoms with Crippen molar-refractivity contribution in [2.75, 3.05) is 11.6 Å². The second-order valence-corrected chi connectivity index (χ2v) is 9.27. The molecule has 1 aromatic heterocycles. The summed E-state index contributed by atoms with van der Waals surface area (Å²) in [5.74, 6) is 0.160. The van der Waals surface area contributed by atoms with Crippen LogP contribution in [-0.2, 0) is 11.3 Å². The second kappa shape index (κ2) is 11.0. The molecular weight excluding hydrogens is 452 g/mol. The molecule has 9 heteroatoms. The van der Waals surface area contributed by atoms with E-state index in [2.05, 4.69) is 20.6 Å². The molecule has 3 rings (SSSR count). The van der Waals surface area contributed by atoms with E-state index in [1.165, 1.54) is 18.0 Å². The normalized spacial score (nSPS) is 11.0. The molecule has 0 fully saturated rings. The molecule has 0 radical (unpaired) electrons. The predicted octanol–water partition coefficient (Wildman–Crippen LogP) is 5.58. The molecular formula is C25H28N4O4S. The fourth-order valence-electron chi connectivity index (χ4n) is 2.84. The van der Waals surface area contributed by atoms with Crippen molar-refractivity contribution < 1.29 is 19.1 Å². The van der Waals surface area contributed by atoms with Crippen molar-refractivity contribution in [1.82, 2.24) is 15.3 Å². The Bertz CT molecular complexity index is 1160. The van der Waals surface area contributed by atoms with Crippen LogP contribution in [0.25, 0.3) is 0 Å². The summed E-state index contributed by atoms with van der Waals surface area (Å²) in [5, 5.41) is 6.01. The maximum absolute atomic E-state index is 12.9. The van der Waals surface area contributed by atoms with E-state index in [-0.39, 0.29) is 17.4 Å². The van der Waals surface area contributed by atoms with Crippen LogP contribution in [0.2, 0.25) is 0 Å². The lowest BCUT2D eigenvalue weighted by Crippen LogP contribution is -2.27. The fourth-order valence-corrected chi connectivity index (χ4v) is 3.17. The van der Waals surface area contributed by atoms with E-state index in [9.17, 15) is 9.59 Å². The van der Waals surface area contributed by atoms with Crippen molar-refractivity contribution in [1.29, 1.82) is 0 Å². The molecule has 0 aliphatic heterocycles. The van der Waals surface area contributed by atoms with Crippen LogP contribution in [0.4, 0.5) is 10.5 Å². The summed E-state index contributed by atoms with van der Waals surface area (Å²) in [4.78, 5) is 33.6. The molecule has 0 unspecified atom stereocenters. The summed E-state index contributed by atoms with van der Waals surface area (Å²) in [5.41, 5.74) is 2.19. The van der Waals surface area contributed by atoms with E-state index < -0.39 is 11.7 Å². The van der Waals surface area contributed by atoms with E-state index in [0.717, 1.165) is 11.1 Å². The Morgan fingerprint density at radius 3 is 2.50 bits per heavy atom. The Kier molecular flexibility index (Phi) is 8.12. The molecule has 2 N–H and O–H groups in total. The molecule has 0 spiro atoms. The van der Waals surface area contributed by atoms with Crippen LogP contribution in [0.5, 0.6) is 11.6 Å². The lowest BCUT2D eigenvalue weighted by atomic mass is 10.1. The zero-order valence-corrected chi connectivity index (χ0v) is 20.7. The minimum Gasteiger partial charge on any atom is -0.444 e. The highest BCUT2D eigenvalue weighted by atomic mass is 32.2. The van der Waals surface area contributed by atoms with Crippen LogP contribution in [0.1, 0.15) is 42.3 Å². The van der Waals surface area contributed by atoms with Crippen molar-refractivity contribution >= 4 is 29.4 Å². The molecule has 0 aliphatic rings. The number of aromatic nitrogens is 2. The molecule has 34 heavy (non-hydrogen) atoms. The number of ether oxygens (including phenoxy) is 2. The summed E-state index contributed by atoms with van der Waals surface area (Å²) in [6.45, 7) is 7.73. The minimum absolute atomic E-state index is 0.121. The predicted molar refractivity (Wildman–Crippen MR) is 133 cm³/mol. The largest absolute Gasteiger partial charge is 0.444 e. The van der Waals surface area contributed by atoms with E-state index in [4.69, 9.17) is 9.47 Å². The van der Waals surface area contributed by atoms with Crippen molar-refractivity contribution in [2.24, 2.45) is 0 Å². The van der Waals surface area contributed by atoms with Crippen LogP contribution in [0, 0.1) is 6.92 Å². The van der Waals surface area contributed by atoms with Crippen molar-refractivity contribution in [3.8, 4) is 11.6 Å². The van der Waals surface area contributed by atoms with Gasteiger partial charge in [-0.25, -0.2) is 9.78 Å². The Morgan fingerprint density at radius 1 is 1.09 bits per heavy atom. The van der Waals surface area contributed by atoms with Gasteiger partial charge in [0.2, 0.25) is 5.88 Å². The number of carbonyl (C=O) groups excluding carboxylic acids is 2. The first-order chi connectivity index (χ1) is 16.1. The maximum atomic E-state index is 12.9. The van der Waals surface area contributed by atoms with Gasteiger partial charge in [0.15, 0.2) is 5.16 Å². The van der Waals surface area contributed by atoms with Gasteiger partial charge in [-0.2, -0.15) is 4.98 Å². The van der Waals surface area contributed by atoms with Crippen molar-refractivity contribution in [3.63, 3.8) is 0 Å². The Balaban J connectivity index is 1.76. The Morgan fingerprint density at radius 2 is 1.82 bits per heavy atom. The van der Waals surface area contributed by atoms with Crippen LogP contribution in [-0.4, -0.2) is 33.8 Å². The molecule has 0 saturated heterocycles.